The zero-order valence-electron chi connectivity index (χ0n) is 12.7. The van der Waals surface area contributed by atoms with Crippen LogP contribution in [-0.4, -0.2) is 22.5 Å². The second-order valence-corrected chi connectivity index (χ2v) is 6.08. The maximum atomic E-state index is 12.8. The third kappa shape index (κ3) is 2.67. The average molecular weight is 340 g/mol. The maximum Gasteiger partial charge on any atom is 0.232 e. The Morgan fingerprint density at radius 1 is 1.21 bits per heavy atom. The van der Waals surface area contributed by atoms with Gasteiger partial charge < -0.3 is 10.1 Å². The fourth-order valence-electron chi connectivity index (χ4n) is 2.97. The molecule has 4 rings (SSSR count). The second kappa shape index (κ2) is 6.09. The Balaban J connectivity index is 1.67. The van der Waals surface area contributed by atoms with Gasteiger partial charge in [-0.3, -0.25) is 14.8 Å². The van der Waals surface area contributed by atoms with Gasteiger partial charge in [-0.2, -0.15) is 0 Å². The van der Waals surface area contributed by atoms with Crippen LogP contribution in [0.1, 0.15) is 17.9 Å². The number of aromatic nitrogens is 2. The van der Waals surface area contributed by atoms with E-state index < -0.39 is 0 Å². The number of pyridine rings is 2. The van der Waals surface area contributed by atoms with Gasteiger partial charge in [0.1, 0.15) is 5.75 Å². The van der Waals surface area contributed by atoms with Gasteiger partial charge in [-0.1, -0.05) is 11.6 Å². The number of hydrogen-bond donors (Lipinski definition) is 1. The summed E-state index contributed by atoms with van der Waals surface area (Å²) in [5, 5.41) is 5.37. The van der Waals surface area contributed by atoms with Gasteiger partial charge in [-0.05, 0) is 30.7 Å². The Bertz CT molecular complexity index is 924. The van der Waals surface area contributed by atoms with Crippen LogP contribution in [0.3, 0.4) is 0 Å². The molecule has 1 amide bonds. The topological polar surface area (TPSA) is 64.1 Å². The number of ether oxygens (including phenoxy) is 1. The number of anilines is 1. The molecule has 1 aliphatic heterocycles. The zero-order chi connectivity index (χ0) is 16.5. The number of carbonyl (C=O) groups is 1. The van der Waals surface area contributed by atoms with Crippen LogP contribution in [0.15, 0.2) is 49.1 Å². The first kappa shape index (κ1) is 14.9. The van der Waals surface area contributed by atoms with E-state index in [1.165, 1.54) is 0 Å². The maximum absolute atomic E-state index is 12.8. The first-order valence-corrected chi connectivity index (χ1v) is 8.01. The van der Waals surface area contributed by atoms with Crippen molar-refractivity contribution in [3.8, 4) is 5.75 Å². The number of rotatable bonds is 2. The lowest BCUT2D eigenvalue weighted by Crippen LogP contribution is -2.26. The number of hydrogen-bond acceptors (Lipinski definition) is 4. The first-order valence-electron chi connectivity index (χ1n) is 7.63. The van der Waals surface area contributed by atoms with Crippen molar-refractivity contribution in [2.75, 3.05) is 11.9 Å². The summed E-state index contributed by atoms with van der Waals surface area (Å²) in [4.78, 5) is 21.1. The molecular weight excluding hydrogens is 326 g/mol. The summed E-state index contributed by atoms with van der Waals surface area (Å²) in [7, 11) is 0. The number of nitrogens with zero attached hydrogens (tertiary/aromatic N) is 2. The van der Waals surface area contributed by atoms with E-state index >= 15 is 0 Å². The highest BCUT2D eigenvalue weighted by Crippen LogP contribution is 2.36. The summed E-state index contributed by atoms with van der Waals surface area (Å²) >= 11 is 6.08. The summed E-state index contributed by atoms with van der Waals surface area (Å²) in [6, 6.07) is 7.23. The van der Waals surface area contributed by atoms with Gasteiger partial charge in [0.05, 0.1) is 24.4 Å². The summed E-state index contributed by atoms with van der Waals surface area (Å²) in [5.41, 5.74) is 1.50. The fourth-order valence-corrected chi connectivity index (χ4v) is 3.15. The van der Waals surface area contributed by atoms with E-state index in [9.17, 15) is 4.79 Å². The minimum Gasteiger partial charge on any atom is -0.493 e. The predicted molar refractivity (Wildman–Crippen MR) is 92.5 cm³/mol. The lowest BCUT2D eigenvalue weighted by atomic mass is 9.92. The van der Waals surface area contributed by atoms with Crippen LogP contribution in [-0.2, 0) is 4.79 Å². The minimum absolute atomic E-state index is 0.0899. The molecule has 0 saturated heterocycles. The molecule has 1 atom stereocenters. The van der Waals surface area contributed by atoms with Gasteiger partial charge in [-0.25, -0.2) is 0 Å². The molecule has 3 heterocycles. The van der Waals surface area contributed by atoms with E-state index in [0.29, 0.717) is 29.5 Å². The second-order valence-electron chi connectivity index (χ2n) is 5.64. The Labute approximate surface area is 143 Å². The quantitative estimate of drug-likeness (QED) is 0.771. The van der Waals surface area contributed by atoms with Crippen LogP contribution in [0, 0.1) is 0 Å². The standard InChI is InChI=1S/C18H14ClN3O2/c19-12-1-2-17-15(7-12)14(4-6-24-17)18(23)22-16-10-21-9-11-8-20-5-3-13(11)16/h1-3,5,7-10,14H,4,6H2,(H,22,23)/t14-/m1/s1. The van der Waals surface area contributed by atoms with Gasteiger partial charge in [-0.15, -0.1) is 0 Å². The molecule has 1 aliphatic rings. The third-order valence-corrected chi connectivity index (χ3v) is 4.38. The normalized spacial score (nSPS) is 16.3. The molecule has 5 nitrogen and oxygen atoms in total. The molecular formula is C18H14ClN3O2. The third-order valence-electron chi connectivity index (χ3n) is 4.15. The monoisotopic (exact) mass is 339 g/mol. The molecule has 0 fully saturated rings. The summed E-state index contributed by atoms with van der Waals surface area (Å²) in [6.45, 7) is 0.504. The van der Waals surface area contributed by atoms with Gasteiger partial charge in [0.2, 0.25) is 5.91 Å². The van der Waals surface area contributed by atoms with E-state index in [1.807, 2.05) is 12.1 Å². The highest BCUT2D eigenvalue weighted by molar-refractivity contribution is 6.30. The average Bonchev–Trinajstić information content (AvgIpc) is 2.61. The van der Waals surface area contributed by atoms with Crippen LogP contribution in [0.2, 0.25) is 5.02 Å². The van der Waals surface area contributed by atoms with Crippen LogP contribution in [0.4, 0.5) is 5.69 Å². The predicted octanol–water partition coefficient (Wildman–Crippen LogP) is 3.79. The summed E-state index contributed by atoms with van der Waals surface area (Å²) in [6.07, 6.45) is 7.40. The van der Waals surface area contributed by atoms with Crippen molar-refractivity contribution in [3.05, 3.63) is 59.6 Å². The molecule has 1 N–H and O–H groups in total. The molecule has 120 valence electrons. The van der Waals surface area contributed by atoms with Crippen molar-refractivity contribution in [1.29, 1.82) is 0 Å². The Kier molecular flexibility index (Phi) is 3.78. The fraction of sp³-hybridized carbons (Fsp3) is 0.167. The van der Waals surface area contributed by atoms with Crippen molar-refractivity contribution < 1.29 is 9.53 Å². The zero-order valence-corrected chi connectivity index (χ0v) is 13.5. The SMILES string of the molecule is O=C(Nc1cncc2cnccc12)[C@@H]1CCOc2ccc(Cl)cc21. The number of amides is 1. The van der Waals surface area contributed by atoms with E-state index in [4.69, 9.17) is 16.3 Å². The molecule has 24 heavy (non-hydrogen) atoms. The van der Waals surface area contributed by atoms with Gasteiger partial charge in [0, 0.05) is 39.9 Å². The minimum atomic E-state index is -0.301. The number of benzene rings is 1. The Morgan fingerprint density at radius 3 is 3.00 bits per heavy atom. The molecule has 3 aromatic rings. The van der Waals surface area contributed by atoms with Crippen molar-refractivity contribution in [2.45, 2.75) is 12.3 Å². The van der Waals surface area contributed by atoms with Gasteiger partial charge >= 0.3 is 0 Å². The molecule has 6 heteroatoms. The van der Waals surface area contributed by atoms with Crippen molar-refractivity contribution >= 4 is 34.0 Å². The number of carbonyl (C=O) groups excluding carboxylic acids is 1. The lowest BCUT2D eigenvalue weighted by Gasteiger charge is -2.25. The molecule has 0 unspecified atom stereocenters. The largest absolute Gasteiger partial charge is 0.493 e. The highest BCUT2D eigenvalue weighted by Gasteiger charge is 2.28. The number of nitrogens with one attached hydrogen (secondary N) is 1. The van der Waals surface area contributed by atoms with Gasteiger partial charge in [0.15, 0.2) is 0 Å². The van der Waals surface area contributed by atoms with Crippen LogP contribution < -0.4 is 10.1 Å². The molecule has 0 spiro atoms. The van der Waals surface area contributed by atoms with Crippen molar-refractivity contribution in [2.24, 2.45) is 0 Å². The van der Waals surface area contributed by atoms with Crippen molar-refractivity contribution in [1.82, 2.24) is 9.97 Å². The summed E-state index contributed by atoms with van der Waals surface area (Å²) in [5.74, 6) is 0.323. The van der Waals surface area contributed by atoms with E-state index in [2.05, 4.69) is 15.3 Å². The number of fused-ring (bicyclic) bond motifs is 2. The van der Waals surface area contributed by atoms with Crippen molar-refractivity contribution in [3.63, 3.8) is 0 Å². The molecule has 1 aromatic carbocycles. The van der Waals surface area contributed by atoms with Crippen LogP contribution >= 0.6 is 11.6 Å². The molecule has 0 saturated carbocycles. The molecule has 2 aromatic heterocycles. The van der Waals surface area contributed by atoms with Gasteiger partial charge in [0.25, 0.3) is 0 Å². The van der Waals surface area contributed by atoms with E-state index in [0.717, 1.165) is 16.3 Å². The summed E-state index contributed by atoms with van der Waals surface area (Å²) < 4.78 is 5.62. The van der Waals surface area contributed by atoms with E-state index in [1.54, 1.807) is 36.9 Å². The lowest BCUT2D eigenvalue weighted by molar-refractivity contribution is -0.118. The van der Waals surface area contributed by atoms with Crippen LogP contribution in [0.25, 0.3) is 10.8 Å². The highest BCUT2D eigenvalue weighted by atomic mass is 35.5. The molecule has 0 radical (unpaired) electrons. The number of halogens is 1. The Hall–Kier alpha value is -2.66. The van der Waals surface area contributed by atoms with Crippen LogP contribution in [0.5, 0.6) is 5.75 Å². The molecule has 0 aliphatic carbocycles. The Morgan fingerprint density at radius 2 is 2.08 bits per heavy atom. The van der Waals surface area contributed by atoms with E-state index in [-0.39, 0.29) is 11.8 Å². The first-order chi connectivity index (χ1) is 11.7. The molecule has 0 bridgehead atoms. The smallest absolute Gasteiger partial charge is 0.232 e.